The van der Waals surface area contributed by atoms with E-state index in [1.807, 2.05) is 0 Å². The summed E-state index contributed by atoms with van der Waals surface area (Å²) < 4.78 is 0. The predicted molar refractivity (Wildman–Crippen MR) is 112 cm³/mol. The Kier molecular flexibility index (Phi) is 21.0. The van der Waals surface area contributed by atoms with Crippen molar-refractivity contribution in [3.05, 3.63) is 13.8 Å². The molecule has 0 bridgehead atoms. The van der Waals surface area contributed by atoms with E-state index >= 15 is 0 Å². The lowest BCUT2D eigenvalue weighted by atomic mass is 9.98. The van der Waals surface area contributed by atoms with Gasteiger partial charge in [-0.15, -0.1) is 0 Å². The van der Waals surface area contributed by atoms with Crippen LogP contribution < -0.4 is 0 Å². The lowest BCUT2D eigenvalue weighted by Gasteiger charge is -2.09. The van der Waals surface area contributed by atoms with Gasteiger partial charge in [0.2, 0.25) is 0 Å². The highest BCUT2D eigenvalue weighted by Crippen LogP contribution is 2.17. The van der Waals surface area contributed by atoms with Crippen molar-refractivity contribution in [3.63, 3.8) is 0 Å². The lowest BCUT2D eigenvalue weighted by Crippen LogP contribution is -1.93. The Morgan fingerprint density at radius 3 is 1.08 bits per heavy atom. The molecule has 0 aliphatic heterocycles. The maximum Gasteiger partial charge on any atom is -0.0443 e. The van der Waals surface area contributed by atoms with Crippen molar-refractivity contribution < 1.29 is 0 Å². The maximum atomic E-state index is 3.95. The van der Waals surface area contributed by atoms with Crippen LogP contribution in [0.4, 0.5) is 0 Å². The third-order valence-electron chi connectivity index (χ3n) is 5.39. The molecule has 0 aliphatic carbocycles. The van der Waals surface area contributed by atoms with E-state index < -0.39 is 0 Å². The zero-order valence-electron chi connectivity index (χ0n) is 17.1. The first-order chi connectivity index (χ1) is 11.8. The Morgan fingerprint density at radius 1 is 0.417 bits per heavy atom. The van der Waals surface area contributed by atoms with Crippen molar-refractivity contribution in [2.75, 3.05) is 0 Å². The van der Waals surface area contributed by atoms with Crippen LogP contribution in [0.15, 0.2) is 0 Å². The number of rotatable bonds is 20. The molecule has 0 saturated carbocycles. The van der Waals surface area contributed by atoms with Gasteiger partial charge in [0.25, 0.3) is 0 Å². The highest BCUT2D eigenvalue weighted by molar-refractivity contribution is 4.55. The van der Waals surface area contributed by atoms with E-state index in [0.29, 0.717) is 0 Å². The lowest BCUT2D eigenvalue weighted by molar-refractivity contribution is 0.456. The van der Waals surface area contributed by atoms with Crippen LogP contribution in [0.5, 0.6) is 0 Å². The molecule has 1 atom stereocenters. The van der Waals surface area contributed by atoms with Crippen LogP contribution in [-0.4, -0.2) is 0 Å². The molecular formula is C24H48. The molecule has 0 heteroatoms. The van der Waals surface area contributed by atoms with E-state index in [4.69, 9.17) is 0 Å². The summed E-state index contributed by atoms with van der Waals surface area (Å²) in [7, 11) is 0. The fourth-order valence-electron chi connectivity index (χ4n) is 3.64. The Labute approximate surface area is 155 Å². The molecule has 0 aliphatic rings. The summed E-state index contributed by atoms with van der Waals surface area (Å²) in [4.78, 5) is 0. The zero-order chi connectivity index (χ0) is 17.7. The van der Waals surface area contributed by atoms with Crippen LogP contribution in [0, 0.1) is 19.8 Å². The maximum absolute atomic E-state index is 3.95. The van der Waals surface area contributed by atoms with Gasteiger partial charge in [0.05, 0.1) is 0 Å². The number of hydrogen-bond acceptors (Lipinski definition) is 0. The molecule has 1 unspecified atom stereocenters. The molecule has 0 heterocycles. The number of unbranched alkanes of at least 4 members (excludes halogenated alkanes) is 16. The SMILES string of the molecule is [CH2]CCCCCCCCCCCCCCCCCCC(C)CC[CH2]. The quantitative estimate of drug-likeness (QED) is 0.194. The van der Waals surface area contributed by atoms with Gasteiger partial charge >= 0.3 is 0 Å². The molecule has 0 saturated heterocycles. The molecule has 0 spiro atoms. The predicted octanol–water partition coefficient (Wildman–Crippen LogP) is 9.09. The summed E-state index contributed by atoms with van der Waals surface area (Å²) in [6.45, 7) is 10.2. The van der Waals surface area contributed by atoms with Crippen LogP contribution in [-0.2, 0) is 0 Å². The Morgan fingerprint density at radius 2 is 0.750 bits per heavy atom. The molecule has 0 fully saturated rings. The van der Waals surface area contributed by atoms with Gasteiger partial charge in [0.15, 0.2) is 0 Å². The molecule has 0 rings (SSSR count). The minimum absolute atomic E-state index is 0.899. The van der Waals surface area contributed by atoms with Gasteiger partial charge < -0.3 is 0 Å². The van der Waals surface area contributed by atoms with Crippen molar-refractivity contribution in [2.24, 2.45) is 5.92 Å². The van der Waals surface area contributed by atoms with Gasteiger partial charge in [-0.05, 0) is 5.92 Å². The molecule has 144 valence electrons. The van der Waals surface area contributed by atoms with Crippen molar-refractivity contribution in [2.45, 2.75) is 135 Å². The molecule has 24 heavy (non-hydrogen) atoms. The first kappa shape index (κ1) is 24.0. The normalized spacial score (nSPS) is 12.6. The minimum atomic E-state index is 0.899. The summed E-state index contributed by atoms with van der Waals surface area (Å²) in [5, 5.41) is 0. The average molecular weight is 337 g/mol. The second kappa shape index (κ2) is 21.0. The van der Waals surface area contributed by atoms with Gasteiger partial charge in [0.1, 0.15) is 0 Å². The molecule has 0 amide bonds. The summed E-state index contributed by atoms with van der Waals surface area (Å²) >= 11 is 0. The van der Waals surface area contributed by atoms with Gasteiger partial charge in [-0.1, -0.05) is 149 Å². The zero-order valence-corrected chi connectivity index (χ0v) is 17.1. The molecule has 2 radical (unpaired) electrons. The molecule has 0 aromatic rings. The fourth-order valence-corrected chi connectivity index (χ4v) is 3.64. The third-order valence-corrected chi connectivity index (χ3v) is 5.39. The Bertz CT molecular complexity index is 208. The van der Waals surface area contributed by atoms with Crippen LogP contribution in [0.1, 0.15) is 135 Å². The van der Waals surface area contributed by atoms with E-state index in [9.17, 15) is 0 Å². The average Bonchev–Trinajstić information content (AvgIpc) is 2.58. The van der Waals surface area contributed by atoms with Crippen molar-refractivity contribution in [1.82, 2.24) is 0 Å². The van der Waals surface area contributed by atoms with Gasteiger partial charge in [-0.2, -0.15) is 0 Å². The van der Waals surface area contributed by atoms with Gasteiger partial charge in [0, 0.05) is 0 Å². The minimum Gasteiger partial charge on any atom is -0.0625 e. The monoisotopic (exact) mass is 336 g/mol. The van der Waals surface area contributed by atoms with Crippen molar-refractivity contribution >= 4 is 0 Å². The van der Waals surface area contributed by atoms with E-state index in [2.05, 4.69) is 20.8 Å². The molecule has 0 nitrogen and oxygen atoms in total. The van der Waals surface area contributed by atoms with E-state index in [1.165, 1.54) is 116 Å². The third kappa shape index (κ3) is 20.0. The van der Waals surface area contributed by atoms with Gasteiger partial charge in [-0.25, -0.2) is 0 Å². The second-order valence-electron chi connectivity index (χ2n) is 8.05. The van der Waals surface area contributed by atoms with E-state index in [1.54, 1.807) is 0 Å². The fraction of sp³-hybridized carbons (Fsp3) is 0.917. The Hall–Kier alpha value is 0. The molecular weight excluding hydrogens is 288 g/mol. The largest absolute Gasteiger partial charge is 0.0625 e. The van der Waals surface area contributed by atoms with Gasteiger partial charge in [-0.3, -0.25) is 0 Å². The Balaban J connectivity index is 3.00. The first-order valence-electron chi connectivity index (χ1n) is 11.4. The van der Waals surface area contributed by atoms with Crippen LogP contribution in [0.3, 0.4) is 0 Å². The summed E-state index contributed by atoms with van der Waals surface area (Å²) in [5.74, 6) is 0.899. The van der Waals surface area contributed by atoms with Crippen LogP contribution in [0.2, 0.25) is 0 Å². The second-order valence-corrected chi connectivity index (χ2v) is 8.05. The van der Waals surface area contributed by atoms with E-state index in [-0.39, 0.29) is 0 Å². The van der Waals surface area contributed by atoms with Crippen molar-refractivity contribution in [3.8, 4) is 0 Å². The standard InChI is InChI=1S/C24H48/c1-4-6-7-8-9-10-11-12-13-14-15-16-17-18-19-20-21-23-24(3)22-5-2/h24H,1-2,4-23H2,3H3. The van der Waals surface area contributed by atoms with Crippen LogP contribution >= 0.6 is 0 Å². The van der Waals surface area contributed by atoms with Crippen LogP contribution in [0.25, 0.3) is 0 Å². The summed E-state index contributed by atoms with van der Waals surface area (Å²) in [6, 6.07) is 0. The smallest absolute Gasteiger partial charge is 0.0443 e. The summed E-state index contributed by atoms with van der Waals surface area (Å²) in [6.07, 6.45) is 28.2. The van der Waals surface area contributed by atoms with E-state index in [0.717, 1.165) is 18.8 Å². The summed E-state index contributed by atoms with van der Waals surface area (Å²) in [5.41, 5.74) is 0. The topological polar surface area (TPSA) is 0 Å². The first-order valence-corrected chi connectivity index (χ1v) is 11.4. The number of hydrogen-bond donors (Lipinski definition) is 0. The molecule has 0 aromatic heterocycles. The van der Waals surface area contributed by atoms with Crippen molar-refractivity contribution in [1.29, 1.82) is 0 Å². The molecule has 0 aromatic carbocycles. The highest BCUT2D eigenvalue weighted by Gasteiger charge is 2.00. The highest BCUT2D eigenvalue weighted by atomic mass is 14.1. The molecule has 0 N–H and O–H groups in total.